The molecule has 1 saturated heterocycles. The number of carbonyl (C=O) groups is 1. The quantitative estimate of drug-likeness (QED) is 0.794. The molecule has 0 bridgehead atoms. The first-order valence-electron chi connectivity index (χ1n) is 8.10. The monoisotopic (exact) mass is 343 g/mol. The van der Waals surface area contributed by atoms with Crippen molar-refractivity contribution in [3.05, 3.63) is 63.7 Å². The van der Waals surface area contributed by atoms with E-state index < -0.39 is 0 Å². The summed E-state index contributed by atoms with van der Waals surface area (Å²) >= 11 is 6.25. The minimum absolute atomic E-state index is 0.0228. The summed E-state index contributed by atoms with van der Waals surface area (Å²) in [6.07, 6.45) is 0.652. The second-order valence-corrected chi connectivity index (χ2v) is 6.82. The molecule has 2 unspecified atom stereocenters. The number of halogens is 1. The Balaban J connectivity index is 1.71. The Kier molecular flexibility index (Phi) is 4.90. The summed E-state index contributed by atoms with van der Waals surface area (Å²) in [6.45, 7) is 6.09. The number of amides is 1. The molecule has 0 radical (unpaired) electrons. The molecule has 3 N–H and O–H groups in total. The van der Waals surface area contributed by atoms with Gasteiger partial charge in [0, 0.05) is 16.8 Å². The third kappa shape index (κ3) is 3.46. The Morgan fingerprint density at radius 3 is 2.46 bits per heavy atom. The smallest absolute Gasteiger partial charge is 0.242 e. The van der Waals surface area contributed by atoms with E-state index in [1.54, 1.807) is 0 Å². The highest BCUT2D eigenvalue weighted by Crippen LogP contribution is 2.29. The lowest BCUT2D eigenvalue weighted by atomic mass is 10.0. The van der Waals surface area contributed by atoms with Crippen LogP contribution in [0.1, 0.15) is 34.7 Å². The molecular weight excluding hydrogens is 322 g/mol. The van der Waals surface area contributed by atoms with E-state index in [4.69, 9.17) is 11.6 Å². The van der Waals surface area contributed by atoms with Crippen LogP contribution in [0.4, 0.5) is 5.69 Å². The Hall–Kier alpha value is -1.88. The number of hydrogen-bond donors (Lipinski definition) is 3. The van der Waals surface area contributed by atoms with Crippen molar-refractivity contribution in [3.8, 4) is 0 Å². The highest BCUT2D eigenvalue weighted by atomic mass is 35.5. The molecule has 3 rings (SSSR count). The molecule has 2 aromatic rings. The fraction of sp³-hybridized carbons (Fsp3) is 0.316. The van der Waals surface area contributed by atoms with Gasteiger partial charge in [-0.25, -0.2) is 10.9 Å². The Bertz CT molecular complexity index is 752. The number of aryl methyl sites for hydroxylation is 3. The lowest BCUT2D eigenvalue weighted by Crippen LogP contribution is -2.39. The largest absolute Gasteiger partial charge is 0.324 e. The van der Waals surface area contributed by atoms with E-state index in [9.17, 15) is 4.79 Å². The summed E-state index contributed by atoms with van der Waals surface area (Å²) in [5.74, 6) is -0.0351. The lowest BCUT2D eigenvalue weighted by molar-refractivity contribution is -0.117. The van der Waals surface area contributed by atoms with Gasteiger partial charge in [-0.2, -0.15) is 0 Å². The van der Waals surface area contributed by atoms with Gasteiger partial charge in [0.15, 0.2) is 0 Å². The number of anilines is 1. The highest BCUT2D eigenvalue weighted by molar-refractivity contribution is 6.31. The molecule has 1 aliphatic heterocycles. The summed E-state index contributed by atoms with van der Waals surface area (Å²) in [6, 6.07) is 11.6. The van der Waals surface area contributed by atoms with Gasteiger partial charge in [0.1, 0.15) is 6.04 Å². The normalized spacial score (nSPS) is 20.2. The summed E-state index contributed by atoms with van der Waals surface area (Å²) in [5.41, 5.74) is 11.5. The topological polar surface area (TPSA) is 53.2 Å². The first kappa shape index (κ1) is 17.0. The molecule has 2 atom stereocenters. The molecule has 1 heterocycles. The van der Waals surface area contributed by atoms with Gasteiger partial charge in [-0.15, -0.1) is 0 Å². The van der Waals surface area contributed by atoms with Gasteiger partial charge in [-0.3, -0.25) is 4.79 Å². The number of hydrazine groups is 1. The van der Waals surface area contributed by atoms with E-state index in [1.165, 1.54) is 5.56 Å². The van der Waals surface area contributed by atoms with Crippen LogP contribution in [0, 0.1) is 20.8 Å². The van der Waals surface area contributed by atoms with Gasteiger partial charge >= 0.3 is 0 Å². The van der Waals surface area contributed by atoms with Crippen molar-refractivity contribution in [1.82, 2.24) is 10.9 Å². The van der Waals surface area contributed by atoms with Crippen LogP contribution in [0.15, 0.2) is 36.4 Å². The van der Waals surface area contributed by atoms with Crippen LogP contribution in [0.25, 0.3) is 0 Å². The average molecular weight is 344 g/mol. The van der Waals surface area contributed by atoms with Crippen molar-refractivity contribution in [2.75, 3.05) is 5.32 Å². The number of rotatable bonds is 3. The molecule has 2 aromatic carbocycles. The molecule has 1 aliphatic rings. The maximum absolute atomic E-state index is 12.6. The fourth-order valence-corrected chi connectivity index (χ4v) is 3.54. The van der Waals surface area contributed by atoms with Gasteiger partial charge in [0.25, 0.3) is 0 Å². The molecular formula is C19H22ClN3O. The molecule has 0 saturated carbocycles. The van der Waals surface area contributed by atoms with Crippen LogP contribution in [0.2, 0.25) is 5.02 Å². The van der Waals surface area contributed by atoms with E-state index >= 15 is 0 Å². The minimum atomic E-state index is -0.300. The van der Waals surface area contributed by atoms with Crippen LogP contribution < -0.4 is 16.2 Å². The summed E-state index contributed by atoms with van der Waals surface area (Å²) in [5, 5.41) is 3.77. The van der Waals surface area contributed by atoms with Crippen molar-refractivity contribution in [2.45, 2.75) is 39.3 Å². The summed E-state index contributed by atoms with van der Waals surface area (Å²) < 4.78 is 0. The average Bonchev–Trinajstić information content (AvgIpc) is 3.01. The molecule has 0 spiro atoms. The molecule has 0 aromatic heterocycles. The van der Waals surface area contributed by atoms with Gasteiger partial charge in [-0.05, 0) is 49.9 Å². The Morgan fingerprint density at radius 2 is 1.79 bits per heavy atom. The van der Waals surface area contributed by atoms with Crippen molar-refractivity contribution in [2.24, 2.45) is 0 Å². The van der Waals surface area contributed by atoms with Crippen LogP contribution in [-0.2, 0) is 4.79 Å². The lowest BCUT2D eigenvalue weighted by Gasteiger charge is -2.15. The van der Waals surface area contributed by atoms with Gasteiger partial charge in [0.2, 0.25) is 5.91 Å². The fourth-order valence-electron chi connectivity index (χ4n) is 3.28. The SMILES string of the molecule is Cc1cc(C)c(NC(=O)C2CC(c3ccccc3Cl)NN2)c(C)c1. The van der Waals surface area contributed by atoms with E-state index in [0.29, 0.717) is 11.4 Å². The first-order chi connectivity index (χ1) is 11.5. The zero-order valence-electron chi connectivity index (χ0n) is 14.1. The molecule has 1 amide bonds. The molecule has 4 nitrogen and oxygen atoms in total. The van der Waals surface area contributed by atoms with Crippen LogP contribution in [0.3, 0.4) is 0 Å². The maximum atomic E-state index is 12.6. The second kappa shape index (κ2) is 6.93. The molecule has 1 fully saturated rings. The molecule has 126 valence electrons. The third-order valence-electron chi connectivity index (χ3n) is 4.43. The Morgan fingerprint density at radius 1 is 1.12 bits per heavy atom. The third-order valence-corrected chi connectivity index (χ3v) is 4.77. The molecule has 24 heavy (non-hydrogen) atoms. The highest BCUT2D eigenvalue weighted by Gasteiger charge is 2.31. The molecule has 0 aliphatic carbocycles. The maximum Gasteiger partial charge on any atom is 0.242 e. The summed E-state index contributed by atoms with van der Waals surface area (Å²) in [7, 11) is 0. The Labute approximate surface area is 147 Å². The first-order valence-corrected chi connectivity index (χ1v) is 8.47. The van der Waals surface area contributed by atoms with E-state index in [1.807, 2.05) is 38.1 Å². The number of hydrogen-bond acceptors (Lipinski definition) is 3. The van der Waals surface area contributed by atoms with E-state index in [0.717, 1.165) is 22.4 Å². The van der Waals surface area contributed by atoms with E-state index in [-0.39, 0.29) is 18.0 Å². The summed E-state index contributed by atoms with van der Waals surface area (Å²) in [4.78, 5) is 12.6. The van der Waals surface area contributed by atoms with Gasteiger partial charge < -0.3 is 5.32 Å². The number of benzene rings is 2. The van der Waals surface area contributed by atoms with Crippen molar-refractivity contribution in [3.63, 3.8) is 0 Å². The molecule has 5 heteroatoms. The minimum Gasteiger partial charge on any atom is -0.324 e. The zero-order valence-corrected chi connectivity index (χ0v) is 14.9. The van der Waals surface area contributed by atoms with Crippen molar-refractivity contribution < 1.29 is 4.79 Å². The van der Waals surface area contributed by atoms with Gasteiger partial charge in [0.05, 0.1) is 0 Å². The zero-order chi connectivity index (χ0) is 17.3. The van der Waals surface area contributed by atoms with Crippen LogP contribution in [-0.4, -0.2) is 11.9 Å². The predicted molar refractivity (Wildman–Crippen MR) is 98.2 cm³/mol. The van der Waals surface area contributed by atoms with E-state index in [2.05, 4.69) is 35.2 Å². The van der Waals surface area contributed by atoms with Gasteiger partial charge in [-0.1, -0.05) is 47.5 Å². The number of carbonyl (C=O) groups excluding carboxylic acids is 1. The predicted octanol–water partition coefficient (Wildman–Crippen LogP) is 3.81. The van der Waals surface area contributed by atoms with Crippen LogP contribution >= 0.6 is 11.6 Å². The second-order valence-electron chi connectivity index (χ2n) is 6.41. The number of nitrogens with one attached hydrogen (secondary N) is 3. The van der Waals surface area contributed by atoms with Crippen molar-refractivity contribution >= 4 is 23.2 Å². The van der Waals surface area contributed by atoms with Crippen molar-refractivity contribution in [1.29, 1.82) is 0 Å². The van der Waals surface area contributed by atoms with Crippen LogP contribution in [0.5, 0.6) is 0 Å². The standard InChI is InChI=1S/C19H22ClN3O/c1-11-8-12(2)18(13(3)9-11)21-19(24)17-10-16(22-23-17)14-6-4-5-7-15(14)20/h4-9,16-17,22-23H,10H2,1-3H3,(H,21,24).